The van der Waals surface area contributed by atoms with E-state index in [0.717, 1.165) is 5.56 Å². The minimum atomic E-state index is -0.149. The van der Waals surface area contributed by atoms with Gasteiger partial charge in [-0.05, 0) is 11.6 Å². The summed E-state index contributed by atoms with van der Waals surface area (Å²) in [5.41, 5.74) is 7.16. The van der Waals surface area contributed by atoms with Gasteiger partial charge in [-0.15, -0.1) is 0 Å². The number of nitrogens with zero attached hydrogens (tertiary/aromatic N) is 4. The number of aryl methyl sites for hydroxylation is 1. The molecular weight excluding hydrogens is 230 g/mol. The number of anilines is 1. The molecule has 0 unspecified atom stereocenters. The van der Waals surface area contributed by atoms with E-state index in [1.54, 1.807) is 31.4 Å². The van der Waals surface area contributed by atoms with Gasteiger partial charge in [-0.1, -0.05) is 6.07 Å². The predicted octanol–water partition coefficient (Wildman–Crippen LogP) is 0.670. The number of nitrogens with two attached hydrogens (primary N) is 1. The average molecular weight is 245 g/mol. The fourth-order valence-corrected chi connectivity index (χ4v) is 1.65. The number of pyridine rings is 1. The highest BCUT2D eigenvalue weighted by Crippen LogP contribution is 2.13. The maximum atomic E-state index is 12.2. The molecule has 2 aromatic heterocycles. The Hall–Kier alpha value is -2.37. The molecular formula is C12H15N5O. The van der Waals surface area contributed by atoms with Gasteiger partial charge in [0.05, 0.1) is 6.20 Å². The van der Waals surface area contributed by atoms with E-state index in [0.29, 0.717) is 17.9 Å². The summed E-state index contributed by atoms with van der Waals surface area (Å²) in [6.45, 7) is 0.487. The Morgan fingerprint density at radius 2 is 2.28 bits per heavy atom. The summed E-state index contributed by atoms with van der Waals surface area (Å²) in [6.07, 6.45) is 4.91. The third kappa shape index (κ3) is 2.32. The molecule has 0 radical (unpaired) electrons. The number of hydrogen-bond acceptors (Lipinski definition) is 4. The van der Waals surface area contributed by atoms with E-state index in [1.807, 2.05) is 12.1 Å². The fourth-order valence-electron chi connectivity index (χ4n) is 1.65. The molecule has 0 aliphatic carbocycles. The topological polar surface area (TPSA) is 77.0 Å². The van der Waals surface area contributed by atoms with E-state index >= 15 is 0 Å². The molecule has 6 heteroatoms. The molecule has 0 fully saturated rings. The van der Waals surface area contributed by atoms with Crippen molar-refractivity contribution >= 4 is 11.7 Å². The van der Waals surface area contributed by atoms with Gasteiger partial charge < -0.3 is 10.6 Å². The minimum absolute atomic E-state index is 0.149. The van der Waals surface area contributed by atoms with E-state index < -0.39 is 0 Å². The van der Waals surface area contributed by atoms with Gasteiger partial charge in [-0.3, -0.25) is 14.5 Å². The summed E-state index contributed by atoms with van der Waals surface area (Å²) in [5, 5.41) is 3.96. The van der Waals surface area contributed by atoms with Crippen molar-refractivity contribution in [2.45, 2.75) is 6.54 Å². The molecule has 0 atom stereocenters. The number of aromatic nitrogens is 3. The summed E-state index contributed by atoms with van der Waals surface area (Å²) >= 11 is 0. The normalized spacial score (nSPS) is 10.3. The number of nitrogen functional groups attached to an aromatic ring is 1. The van der Waals surface area contributed by atoms with Gasteiger partial charge in [0, 0.05) is 33.0 Å². The zero-order valence-corrected chi connectivity index (χ0v) is 10.4. The lowest BCUT2D eigenvalue weighted by molar-refractivity contribution is 0.0786. The average Bonchev–Trinajstić information content (AvgIpc) is 2.70. The van der Waals surface area contributed by atoms with Crippen LogP contribution in [0.15, 0.2) is 30.7 Å². The van der Waals surface area contributed by atoms with Crippen LogP contribution in [-0.2, 0) is 13.6 Å². The highest BCUT2D eigenvalue weighted by molar-refractivity contribution is 5.98. The monoisotopic (exact) mass is 245 g/mol. The summed E-state index contributed by atoms with van der Waals surface area (Å²) in [6, 6.07) is 3.76. The van der Waals surface area contributed by atoms with Crippen LogP contribution in [0.4, 0.5) is 5.82 Å². The van der Waals surface area contributed by atoms with Gasteiger partial charge in [0.25, 0.3) is 5.91 Å². The van der Waals surface area contributed by atoms with Gasteiger partial charge in [0.15, 0.2) is 0 Å². The molecule has 0 saturated carbocycles. The number of carbonyl (C=O) groups excluding carboxylic acids is 1. The summed E-state index contributed by atoms with van der Waals surface area (Å²) in [5.74, 6) is 0.225. The van der Waals surface area contributed by atoms with Crippen LogP contribution in [0.5, 0.6) is 0 Å². The maximum absolute atomic E-state index is 12.2. The zero-order valence-electron chi connectivity index (χ0n) is 10.4. The van der Waals surface area contributed by atoms with Crippen LogP contribution in [0, 0.1) is 0 Å². The first-order valence-corrected chi connectivity index (χ1v) is 5.51. The second-order valence-corrected chi connectivity index (χ2v) is 4.09. The first kappa shape index (κ1) is 12.1. The Bertz CT molecular complexity index is 549. The lowest BCUT2D eigenvalue weighted by Gasteiger charge is -2.16. The van der Waals surface area contributed by atoms with Crippen LogP contribution in [0.1, 0.15) is 15.9 Å². The molecule has 0 spiro atoms. The summed E-state index contributed by atoms with van der Waals surface area (Å²) < 4.78 is 1.48. The van der Waals surface area contributed by atoms with Crippen molar-refractivity contribution in [3.8, 4) is 0 Å². The molecule has 6 nitrogen and oxygen atoms in total. The Kier molecular flexibility index (Phi) is 3.27. The number of hydrogen-bond donors (Lipinski definition) is 1. The molecule has 2 aromatic rings. The quantitative estimate of drug-likeness (QED) is 0.862. The van der Waals surface area contributed by atoms with Crippen molar-refractivity contribution in [1.82, 2.24) is 19.7 Å². The van der Waals surface area contributed by atoms with Crippen molar-refractivity contribution in [3.05, 3.63) is 41.9 Å². The third-order valence-electron chi connectivity index (χ3n) is 2.70. The minimum Gasteiger partial charge on any atom is -0.383 e. The van der Waals surface area contributed by atoms with Crippen molar-refractivity contribution in [2.75, 3.05) is 12.8 Å². The summed E-state index contributed by atoms with van der Waals surface area (Å²) in [7, 11) is 3.43. The highest BCUT2D eigenvalue weighted by atomic mass is 16.2. The zero-order chi connectivity index (χ0) is 13.1. The van der Waals surface area contributed by atoms with E-state index in [2.05, 4.69) is 10.1 Å². The molecule has 2 heterocycles. The first-order valence-electron chi connectivity index (χ1n) is 5.51. The summed E-state index contributed by atoms with van der Waals surface area (Å²) in [4.78, 5) is 17.8. The number of amides is 1. The molecule has 0 aromatic carbocycles. The van der Waals surface area contributed by atoms with Crippen LogP contribution in [0.25, 0.3) is 0 Å². The lowest BCUT2D eigenvalue weighted by atomic mass is 10.2. The molecule has 94 valence electrons. The number of carbonyl (C=O) groups is 1. The van der Waals surface area contributed by atoms with E-state index in [1.165, 1.54) is 10.9 Å². The molecule has 18 heavy (non-hydrogen) atoms. The van der Waals surface area contributed by atoms with E-state index in [-0.39, 0.29) is 5.91 Å². The molecule has 0 aliphatic rings. The van der Waals surface area contributed by atoms with Crippen molar-refractivity contribution < 1.29 is 4.79 Å². The SMILES string of the molecule is CN(Cc1cccnc1)C(=O)c1cnn(C)c1N. The molecule has 2 N–H and O–H groups in total. The van der Waals surface area contributed by atoms with Gasteiger partial charge in [0.2, 0.25) is 0 Å². The Morgan fingerprint density at radius 3 is 2.83 bits per heavy atom. The molecule has 2 rings (SSSR count). The number of rotatable bonds is 3. The van der Waals surface area contributed by atoms with Crippen LogP contribution in [0.2, 0.25) is 0 Å². The van der Waals surface area contributed by atoms with Crippen molar-refractivity contribution in [3.63, 3.8) is 0 Å². The first-order chi connectivity index (χ1) is 8.59. The van der Waals surface area contributed by atoms with Gasteiger partial charge in [-0.25, -0.2) is 0 Å². The maximum Gasteiger partial charge on any atom is 0.259 e. The van der Waals surface area contributed by atoms with Crippen LogP contribution in [-0.4, -0.2) is 32.6 Å². The molecule has 1 amide bonds. The second kappa shape index (κ2) is 4.87. The predicted molar refractivity (Wildman–Crippen MR) is 67.7 cm³/mol. The van der Waals surface area contributed by atoms with Crippen LogP contribution >= 0.6 is 0 Å². The fraction of sp³-hybridized carbons (Fsp3) is 0.250. The Balaban J connectivity index is 2.12. The van der Waals surface area contributed by atoms with Gasteiger partial charge in [0.1, 0.15) is 11.4 Å². The van der Waals surface area contributed by atoms with Crippen LogP contribution < -0.4 is 5.73 Å². The second-order valence-electron chi connectivity index (χ2n) is 4.09. The molecule has 0 saturated heterocycles. The van der Waals surface area contributed by atoms with Gasteiger partial charge >= 0.3 is 0 Å². The van der Waals surface area contributed by atoms with Crippen molar-refractivity contribution in [1.29, 1.82) is 0 Å². The highest BCUT2D eigenvalue weighted by Gasteiger charge is 2.17. The van der Waals surface area contributed by atoms with Crippen LogP contribution in [0.3, 0.4) is 0 Å². The smallest absolute Gasteiger partial charge is 0.259 e. The standard InChI is InChI=1S/C12H15N5O/c1-16(8-9-4-3-5-14-6-9)12(18)10-7-15-17(2)11(10)13/h3-7H,8,13H2,1-2H3. The largest absolute Gasteiger partial charge is 0.383 e. The third-order valence-corrected chi connectivity index (χ3v) is 2.70. The molecule has 0 bridgehead atoms. The van der Waals surface area contributed by atoms with Gasteiger partial charge in [-0.2, -0.15) is 5.10 Å². The molecule has 0 aliphatic heterocycles. The van der Waals surface area contributed by atoms with E-state index in [9.17, 15) is 4.79 Å². The Morgan fingerprint density at radius 1 is 1.50 bits per heavy atom. The lowest BCUT2D eigenvalue weighted by Crippen LogP contribution is -2.26. The Labute approximate surface area is 105 Å². The van der Waals surface area contributed by atoms with Crippen molar-refractivity contribution in [2.24, 2.45) is 7.05 Å². The van der Waals surface area contributed by atoms with E-state index in [4.69, 9.17) is 5.73 Å².